The molecule has 8 nitrogen and oxygen atoms in total. The van der Waals surface area contributed by atoms with Crippen LogP contribution in [0.5, 0.6) is 0 Å². The van der Waals surface area contributed by atoms with E-state index >= 15 is 4.39 Å². The van der Waals surface area contributed by atoms with Gasteiger partial charge in [-0.25, -0.2) is 26.3 Å². The van der Waals surface area contributed by atoms with Gasteiger partial charge in [-0.15, -0.1) is 5.10 Å². The molecular formula is C28H27F3N6O2S. The SMILES string of the molecule is [2H]C([2H])([2H])c1nnn(C)c1-c1cnc2c3ccc(S(C)(=O)=O)cc3n(C(c3ncccc3F)C3CCC(F)(F)CC3)c2c1. The number of hydrogen-bond donors (Lipinski definition) is 0. The number of fused-ring (bicyclic) bond motifs is 3. The monoisotopic (exact) mass is 571 g/mol. The van der Waals surface area contributed by atoms with Crippen molar-refractivity contribution in [3.05, 3.63) is 66.0 Å². The van der Waals surface area contributed by atoms with Crippen LogP contribution >= 0.6 is 0 Å². The third-order valence-corrected chi connectivity index (χ3v) is 8.80. The van der Waals surface area contributed by atoms with Crippen molar-refractivity contribution in [1.29, 1.82) is 0 Å². The average molecular weight is 572 g/mol. The predicted molar refractivity (Wildman–Crippen MR) is 144 cm³/mol. The first-order valence-corrected chi connectivity index (χ1v) is 14.6. The van der Waals surface area contributed by atoms with Gasteiger partial charge in [-0.3, -0.25) is 9.97 Å². The predicted octanol–water partition coefficient (Wildman–Crippen LogP) is 5.65. The summed E-state index contributed by atoms with van der Waals surface area (Å²) in [6, 6.07) is 7.97. The molecule has 4 heterocycles. The van der Waals surface area contributed by atoms with Gasteiger partial charge in [0.1, 0.15) is 5.82 Å². The number of sulfone groups is 1. The van der Waals surface area contributed by atoms with Gasteiger partial charge < -0.3 is 4.57 Å². The number of rotatable bonds is 5. The van der Waals surface area contributed by atoms with Crippen molar-refractivity contribution in [2.24, 2.45) is 13.0 Å². The van der Waals surface area contributed by atoms with E-state index in [0.29, 0.717) is 27.5 Å². The van der Waals surface area contributed by atoms with Gasteiger partial charge in [0.2, 0.25) is 5.92 Å². The van der Waals surface area contributed by atoms with Gasteiger partial charge >= 0.3 is 0 Å². The molecule has 1 aromatic carbocycles. The van der Waals surface area contributed by atoms with Gasteiger partial charge in [0.15, 0.2) is 9.84 Å². The molecule has 208 valence electrons. The van der Waals surface area contributed by atoms with E-state index in [1.807, 2.05) is 0 Å². The molecule has 0 amide bonds. The second-order valence-corrected chi connectivity index (χ2v) is 12.3. The Balaban J connectivity index is 1.70. The lowest BCUT2D eigenvalue weighted by Crippen LogP contribution is -2.31. The van der Waals surface area contributed by atoms with Crippen LogP contribution in [0.4, 0.5) is 13.2 Å². The fourth-order valence-corrected chi connectivity index (χ4v) is 6.42. The Labute approximate surface area is 233 Å². The minimum atomic E-state index is -3.66. The summed E-state index contributed by atoms with van der Waals surface area (Å²) in [4.78, 5) is 9.01. The lowest BCUT2D eigenvalue weighted by Gasteiger charge is -2.35. The lowest BCUT2D eigenvalue weighted by atomic mass is 9.80. The molecule has 1 aliphatic carbocycles. The first-order chi connectivity index (χ1) is 20.2. The Bertz CT molecular complexity index is 1980. The zero-order chi connectivity index (χ0) is 30.9. The number of nitrogens with zero attached hydrogens (tertiary/aromatic N) is 6. The molecule has 1 saturated carbocycles. The summed E-state index contributed by atoms with van der Waals surface area (Å²) >= 11 is 0. The van der Waals surface area contributed by atoms with Crippen molar-refractivity contribution in [3.8, 4) is 11.3 Å². The minimum Gasteiger partial charge on any atom is -0.329 e. The summed E-state index contributed by atoms with van der Waals surface area (Å²) in [5.41, 5.74) is 1.59. The van der Waals surface area contributed by atoms with E-state index in [2.05, 4.69) is 20.3 Å². The molecule has 40 heavy (non-hydrogen) atoms. The molecule has 0 radical (unpaired) electrons. The highest BCUT2D eigenvalue weighted by atomic mass is 32.2. The van der Waals surface area contributed by atoms with Crippen LogP contribution < -0.4 is 0 Å². The molecule has 0 bridgehead atoms. The summed E-state index contributed by atoms with van der Waals surface area (Å²) in [6.45, 7) is -2.58. The molecule has 12 heteroatoms. The number of halogens is 3. The summed E-state index contributed by atoms with van der Waals surface area (Å²) in [5.74, 6) is -3.96. The van der Waals surface area contributed by atoms with Crippen LogP contribution in [0.2, 0.25) is 0 Å². The van der Waals surface area contributed by atoms with Gasteiger partial charge in [-0.2, -0.15) is 0 Å². The van der Waals surface area contributed by atoms with Crippen LogP contribution in [-0.4, -0.2) is 50.1 Å². The number of hydrogen-bond acceptors (Lipinski definition) is 6. The quantitative estimate of drug-likeness (QED) is 0.271. The first kappa shape index (κ1) is 23.0. The second-order valence-electron chi connectivity index (χ2n) is 10.3. The zero-order valence-electron chi connectivity index (χ0n) is 24.6. The van der Waals surface area contributed by atoms with E-state index < -0.39 is 40.4 Å². The molecule has 6 rings (SSSR count). The molecule has 0 saturated heterocycles. The summed E-state index contributed by atoms with van der Waals surface area (Å²) in [7, 11) is -2.12. The maximum Gasteiger partial charge on any atom is 0.248 e. The fraction of sp³-hybridized carbons (Fsp3) is 0.357. The van der Waals surface area contributed by atoms with Crippen molar-refractivity contribution in [3.63, 3.8) is 0 Å². The van der Waals surface area contributed by atoms with E-state index in [9.17, 15) is 17.2 Å². The smallest absolute Gasteiger partial charge is 0.248 e. The molecule has 1 unspecified atom stereocenters. The molecule has 1 aliphatic rings. The molecule has 5 aromatic rings. The zero-order valence-corrected chi connectivity index (χ0v) is 22.5. The van der Waals surface area contributed by atoms with Crippen LogP contribution in [0.15, 0.2) is 53.7 Å². The van der Waals surface area contributed by atoms with E-state index in [1.165, 1.54) is 41.3 Å². The Hall–Kier alpha value is -3.80. The maximum atomic E-state index is 15.5. The number of benzene rings is 1. The second kappa shape index (κ2) is 9.39. The van der Waals surface area contributed by atoms with E-state index in [1.54, 1.807) is 23.7 Å². The van der Waals surface area contributed by atoms with Gasteiger partial charge in [0.05, 0.1) is 44.6 Å². The van der Waals surface area contributed by atoms with Crippen molar-refractivity contribution < 1.29 is 25.7 Å². The highest BCUT2D eigenvalue weighted by Crippen LogP contribution is 2.46. The Morgan fingerprint density at radius 2 is 1.90 bits per heavy atom. The topological polar surface area (TPSA) is 95.6 Å². The largest absolute Gasteiger partial charge is 0.329 e. The van der Waals surface area contributed by atoms with Crippen LogP contribution in [0.3, 0.4) is 0 Å². The Morgan fingerprint density at radius 1 is 1.12 bits per heavy atom. The summed E-state index contributed by atoms with van der Waals surface area (Å²) in [6.07, 6.45) is 3.34. The third kappa shape index (κ3) is 4.43. The highest BCUT2D eigenvalue weighted by molar-refractivity contribution is 7.90. The molecule has 1 fully saturated rings. The molecule has 0 aliphatic heterocycles. The van der Waals surface area contributed by atoms with Crippen LogP contribution in [0, 0.1) is 18.6 Å². The molecule has 1 atom stereocenters. The average Bonchev–Trinajstić information content (AvgIpc) is 3.47. The molecule has 0 N–H and O–H groups in total. The Morgan fingerprint density at radius 3 is 2.60 bits per heavy atom. The first-order valence-electron chi connectivity index (χ1n) is 14.2. The lowest BCUT2D eigenvalue weighted by molar-refractivity contribution is -0.0495. The van der Waals surface area contributed by atoms with Crippen molar-refractivity contribution in [1.82, 2.24) is 29.5 Å². The van der Waals surface area contributed by atoms with Gasteiger partial charge in [-0.1, -0.05) is 5.21 Å². The highest BCUT2D eigenvalue weighted by Gasteiger charge is 2.40. The summed E-state index contributed by atoms with van der Waals surface area (Å²) < 4.78 is 96.2. The van der Waals surface area contributed by atoms with Crippen LogP contribution in [-0.2, 0) is 16.9 Å². The Kier molecular flexibility index (Phi) is 5.39. The normalized spacial score (nSPS) is 18.5. The third-order valence-electron chi connectivity index (χ3n) is 7.69. The minimum absolute atomic E-state index is 0.0141. The van der Waals surface area contributed by atoms with Crippen LogP contribution in [0.1, 0.15) is 47.2 Å². The number of aryl methyl sites for hydroxylation is 2. The fourth-order valence-electron chi connectivity index (χ4n) is 5.78. The van der Waals surface area contributed by atoms with Crippen molar-refractivity contribution in [2.45, 2.75) is 49.4 Å². The van der Waals surface area contributed by atoms with E-state index in [0.717, 1.165) is 6.26 Å². The van der Waals surface area contributed by atoms with Crippen molar-refractivity contribution in [2.75, 3.05) is 6.26 Å². The van der Waals surface area contributed by atoms with Crippen molar-refractivity contribution >= 4 is 31.8 Å². The molecule has 0 spiro atoms. The molecule has 4 aromatic heterocycles. The van der Waals surface area contributed by atoms with Crippen LogP contribution in [0.25, 0.3) is 33.2 Å². The number of aromatic nitrogens is 6. The summed E-state index contributed by atoms with van der Waals surface area (Å²) in [5, 5.41) is 8.30. The number of pyridine rings is 2. The standard InChI is InChI=1S/C28H27F3N6O2S/c1-16-26(36(2)35-34-16)18-13-23-24(33-15-18)20-7-6-19(40(3,38)39)14-22(20)37(23)27(25-21(29)5-4-12-32-25)17-8-10-28(30,31)11-9-17/h4-7,12-15,17,27H,8-11H2,1-3H3/i1D3. The maximum absolute atomic E-state index is 15.5. The number of alkyl halides is 2. The van der Waals surface area contributed by atoms with Gasteiger partial charge in [0, 0.05) is 53.6 Å². The van der Waals surface area contributed by atoms with Gasteiger partial charge in [0.25, 0.3) is 0 Å². The van der Waals surface area contributed by atoms with E-state index in [-0.39, 0.29) is 47.7 Å². The molecular weight excluding hydrogens is 541 g/mol. The van der Waals surface area contributed by atoms with E-state index in [4.69, 9.17) is 4.11 Å². The van der Waals surface area contributed by atoms with Gasteiger partial charge in [-0.05, 0) is 62.0 Å².